The Morgan fingerprint density at radius 2 is 1.58 bits per heavy atom. The van der Waals surface area contributed by atoms with Crippen LogP contribution in [0.3, 0.4) is 0 Å². The fraction of sp³-hybridized carbons (Fsp3) is 0.185. The largest absolute Gasteiger partial charge is 0.507 e. The van der Waals surface area contributed by atoms with Gasteiger partial charge in [-0.1, -0.05) is 66.2 Å². The molecule has 3 aromatic rings. The van der Waals surface area contributed by atoms with Gasteiger partial charge in [-0.25, -0.2) is 0 Å². The highest BCUT2D eigenvalue weighted by Crippen LogP contribution is 2.42. The molecule has 1 fully saturated rings. The summed E-state index contributed by atoms with van der Waals surface area (Å²) in [5.41, 5.74) is 3.06. The third-order valence-electron chi connectivity index (χ3n) is 5.78. The average molecular weight is 443 g/mol. The van der Waals surface area contributed by atoms with Crippen molar-refractivity contribution in [2.45, 2.75) is 19.5 Å². The molecule has 0 saturated carbocycles. The minimum atomic E-state index is -0.786. The van der Waals surface area contributed by atoms with Gasteiger partial charge < -0.3 is 19.5 Å². The number of aliphatic hydroxyl groups excluding tert-OH is 1. The van der Waals surface area contributed by atoms with E-state index in [0.29, 0.717) is 22.6 Å². The number of ether oxygens (including phenoxy) is 2. The van der Waals surface area contributed by atoms with Crippen molar-refractivity contribution in [1.29, 1.82) is 0 Å². The van der Waals surface area contributed by atoms with E-state index in [1.165, 1.54) is 19.1 Å². The van der Waals surface area contributed by atoms with Gasteiger partial charge in [0.1, 0.15) is 5.76 Å². The maximum atomic E-state index is 13.2. The van der Waals surface area contributed by atoms with E-state index in [1.54, 1.807) is 30.3 Å². The molecule has 1 N–H and O–H groups in total. The molecule has 3 aromatic carbocycles. The van der Waals surface area contributed by atoms with Crippen molar-refractivity contribution in [2.24, 2.45) is 0 Å². The molecule has 0 radical (unpaired) electrons. The van der Waals surface area contributed by atoms with Crippen LogP contribution in [0.2, 0.25) is 0 Å². The highest BCUT2D eigenvalue weighted by atomic mass is 16.5. The number of likely N-dealkylation sites (tertiary alicyclic amines) is 1. The summed E-state index contributed by atoms with van der Waals surface area (Å²) in [5, 5.41) is 11.2. The maximum absolute atomic E-state index is 13.2. The lowest BCUT2D eigenvalue weighted by atomic mass is 9.94. The van der Waals surface area contributed by atoms with E-state index in [4.69, 9.17) is 9.47 Å². The first-order valence-electron chi connectivity index (χ1n) is 10.6. The summed E-state index contributed by atoms with van der Waals surface area (Å²) in [6.07, 6.45) is 0. The quantitative estimate of drug-likeness (QED) is 0.341. The Balaban J connectivity index is 1.89. The number of carbonyl (C=O) groups is 2. The van der Waals surface area contributed by atoms with Crippen LogP contribution in [-0.2, 0) is 16.1 Å². The van der Waals surface area contributed by atoms with Crippen LogP contribution in [0.25, 0.3) is 5.76 Å². The molecule has 1 aliphatic heterocycles. The SMILES string of the molecule is COc1ccc(C2C(=C(O)c3ccc(C)cc3)C(=O)C(=O)N2Cc2ccccc2)cc1OC. The van der Waals surface area contributed by atoms with Crippen LogP contribution in [0.4, 0.5) is 0 Å². The number of rotatable bonds is 6. The van der Waals surface area contributed by atoms with E-state index >= 15 is 0 Å². The molecule has 1 unspecified atom stereocenters. The van der Waals surface area contributed by atoms with Crippen molar-refractivity contribution < 1.29 is 24.2 Å². The molecule has 1 heterocycles. The van der Waals surface area contributed by atoms with E-state index in [-0.39, 0.29) is 17.9 Å². The van der Waals surface area contributed by atoms with Gasteiger partial charge in [0.2, 0.25) is 0 Å². The average Bonchev–Trinajstić information content (AvgIpc) is 3.09. The fourth-order valence-electron chi connectivity index (χ4n) is 4.06. The normalized spacial score (nSPS) is 17.3. The number of hydrogen-bond donors (Lipinski definition) is 1. The van der Waals surface area contributed by atoms with Crippen LogP contribution in [0, 0.1) is 6.92 Å². The number of aryl methyl sites for hydroxylation is 1. The summed E-state index contributed by atoms with van der Waals surface area (Å²) < 4.78 is 10.8. The van der Waals surface area contributed by atoms with E-state index in [2.05, 4.69) is 0 Å². The molecule has 1 amide bonds. The van der Waals surface area contributed by atoms with Gasteiger partial charge >= 0.3 is 0 Å². The number of Topliss-reactive ketones (excluding diaryl/α,β-unsaturated/α-hetero) is 1. The Labute approximate surface area is 192 Å². The van der Waals surface area contributed by atoms with Crippen LogP contribution >= 0.6 is 0 Å². The van der Waals surface area contributed by atoms with E-state index < -0.39 is 17.7 Å². The molecule has 0 aromatic heterocycles. The monoisotopic (exact) mass is 443 g/mol. The van der Waals surface area contributed by atoms with Crippen molar-refractivity contribution in [3.63, 3.8) is 0 Å². The van der Waals surface area contributed by atoms with Crippen LogP contribution in [0.1, 0.15) is 28.3 Å². The molecule has 6 heteroatoms. The Morgan fingerprint density at radius 1 is 0.909 bits per heavy atom. The van der Waals surface area contributed by atoms with Gasteiger partial charge in [0.15, 0.2) is 11.5 Å². The van der Waals surface area contributed by atoms with E-state index in [0.717, 1.165) is 11.1 Å². The van der Waals surface area contributed by atoms with Crippen LogP contribution in [0.5, 0.6) is 11.5 Å². The van der Waals surface area contributed by atoms with Crippen molar-refractivity contribution in [3.8, 4) is 11.5 Å². The number of aliphatic hydroxyl groups is 1. The summed E-state index contributed by atoms with van der Waals surface area (Å²) in [7, 11) is 3.06. The molecule has 1 aliphatic rings. The third-order valence-corrected chi connectivity index (χ3v) is 5.78. The van der Waals surface area contributed by atoms with Gasteiger partial charge in [-0.05, 0) is 30.2 Å². The van der Waals surface area contributed by atoms with Gasteiger partial charge in [-0.2, -0.15) is 0 Å². The van der Waals surface area contributed by atoms with Crippen LogP contribution in [0.15, 0.2) is 78.4 Å². The first kappa shape index (κ1) is 22.1. The summed E-state index contributed by atoms with van der Waals surface area (Å²) in [5.74, 6) is -0.588. The smallest absolute Gasteiger partial charge is 0.295 e. The number of benzene rings is 3. The second-order valence-electron chi connectivity index (χ2n) is 7.89. The number of carbonyl (C=O) groups excluding carboxylic acids is 2. The van der Waals surface area contributed by atoms with Crippen molar-refractivity contribution in [1.82, 2.24) is 4.90 Å². The predicted octanol–water partition coefficient (Wildman–Crippen LogP) is 4.63. The number of nitrogens with zero attached hydrogens (tertiary/aromatic N) is 1. The predicted molar refractivity (Wildman–Crippen MR) is 125 cm³/mol. The highest BCUT2D eigenvalue weighted by Gasteiger charge is 2.46. The zero-order chi connectivity index (χ0) is 23.5. The Bertz CT molecular complexity index is 1220. The summed E-state index contributed by atoms with van der Waals surface area (Å²) in [6.45, 7) is 2.15. The number of amides is 1. The summed E-state index contributed by atoms with van der Waals surface area (Å²) >= 11 is 0. The Kier molecular flexibility index (Phi) is 6.18. The topological polar surface area (TPSA) is 76.1 Å². The number of ketones is 1. The number of methoxy groups -OCH3 is 2. The lowest BCUT2D eigenvalue weighted by Gasteiger charge is -2.26. The van der Waals surface area contributed by atoms with Gasteiger partial charge in [-0.15, -0.1) is 0 Å². The van der Waals surface area contributed by atoms with Gasteiger partial charge in [0, 0.05) is 12.1 Å². The standard InChI is InChI=1S/C27H25NO5/c1-17-9-11-19(12-10-17)25(29)23-24(20-13-14-21(32-2)22(15-20)33-3)28(27(31)26(23)30)16-18-7-5-4-6-8-18/h4-15,24,29H,16H2,1-3H3. The van der Waals surface area contributed by atoms with Crippen molar-refractivity contribution >= 4 is 17.4 Å². The van der Waals surface area contributed by atoms with E-state index in [1.807, 2.05) is 49.4 Å². The van der Waals surface area contributed by atoms with Crippen molar-refractivity contribution in [2.75, 3.05) is 14.2 Å². The van der Waals surface area contributed by atoms with E-state index in [9.17, 15) is 14.7 Å². The zero-order valence-corrected chi connectivity index (χ0v) is 18.7. The molecular weight excluding hydrogens is 418 g/mol. The number of hydrogen-bond acceptors (Lipinski definition) is 5. The molecular formula is C27H25NO5. The highest BCUT2D eigenvalue weighted by molar-refractivity contribution is 6.46. The summed E-state index contributed by atoms with van der Waals surface area (Å²) in [4.78, 5) is 27.8. The minimum Gasteiger partial charge on any atom is -0.507 e. The van der Waals surface area contributed by atoms with Gasteiger partial charge in [-0.3, -0.25) is 9.59 Å². The molecule has 1 saturated heterocycles. The summed E-state index contributed by atoms with van der Waals surface area (Å²) in [6, 6.07) is 21.1. The molecule has 168 valence electrons. The zero-order valence-electron chi connectivity index (χ0n) is 18.7. The van der Waals surface area contributed by atoms with Gasteiger partial charge in [0.05, 0.1) is 25.8 Å². The third kappa shape index (κ3) is 4.20. The molecule has 0 spiro atoms. The molecule has 0 aliphatic carbocycles. The first-order chi connectivity index (χ1) is 15.9. The molecule has 6 nitrogen and oxygen atoms in total. The second kappa shape index (κ2) is 9.20. The second-order valence-corrected chi connectivity index (χ2v) is 7.89. The molecule has 1 atom stereocenters. The maximum Gasteiger partial charge on any atom is 0.295 e. The molecule has 33 heavy (non-hydrogen) atoms. The fourth-order valence-corrected chi connectivity index (χ4v) is 4.06. The Morgan fingerprint density at radius 3 is 2.21 bits per heavy atom. The lowest BCUT2D eigenvalue weighted by Crippen LogP contribution is -2.29. The van der Waals surface area contributed by atoms with Gasteiger partial charge in [0.25, 0.3) is 11.7 Å². The minimum absolute atomic E-state index is 0.0482. The van der Waals surface area contributed by atoms with Crippen molar-refractivity contribution in [3.05, 3.63) is 101 Å². The van der Waals surface area contributed by atoms with Crippen LogP contribution in [-0.4, -0.2) is 35.9 Å². The lowest BCUT2D eigenvalue weighted by molar-refractivity contribution is -0.140. The van der Waals surface area contributed by atoms with Crippen LogP contribution < -0.4 is 9.47 Å². The Hall–Kier alpha value is -4.06. The molecule has 4 rings (SSSR count). The molecule has 0 bridgehead atoms. The first-order valence-corrected chi connectivity index (χ1v) is 10.6.